The van der Waals surface area contributed by atoms with Crippen molar-refractivity contribution in [1.82, 2.24) is 14.1 Å². The molecule has 1 aromatic heterocycles. The van der Waals surface area contributed by atoms with Crippen molar-refractivity contribution in [2.75, 3.05) is 24.6 Å². The second-order valence-electron chi connectivity index (χ2n) is 10.9. The molecular formula is C25H26F9N3O5S2. The Morgan fingerprint density at radius 1 is 1.05 bits per heavy atom. The third-order valence-electron chi connectivity index (χ3n) is 7.66. The number of fused-ring (bicyclic) bond motifs is 2. The van der Waals surface area contributed by atoms with Gasteiger partial charge in [0.2, 0.25) is 10.0 Å². The normalized spacial score (nSPS) is 21.8. The molecule has 246 valence electrons. The largest absolute Gasteiger partial charge is 0.405 e. The molecule has 0 bridgehead atoms. The van der Waals surface area contributed by atoms with Gasteiger partial charge in [-0.15, -0.1) is 0 Å². The fourth-order valence-corrected chi connectivity index (χ4v) is 8.00. The van der Waals surface area contributed by atoms with E-state index in [4.69, 9.17) is 0 Å². The summed E-state index contributed by atoms with van der Waals surface area (Å²) in [5.74, 6) is -6.39. The first-order chi connectivity index (χ1) is 20.1. The van der Waals surface area contributed by atoms with Crippen LogP contribution in [0.1, 0.15) is 31.0 Å². The molecule has 0 saturated heterocycles. The van der Waals surface area contributed by atoms with Gasteiger partial charge < -0.3 is 0 Å². The minimum Gasteiger partial charge on any atom is -0.259 e. The predicted octanol–water partition coefficient (Wildman–Crippen LogP) is 5.10. The topological polar surface area (TPSA) is 98.6 Å². The number of allylic oxidation sites excluding steroid dienone is 1. The molecule has 0 N–H and O–H groups in total. The molecule has 1 saturated carbocycles. The number of nitrogens with zero attached hydrogens (tertiary/aromatic N) is 3. The lowest BCUT2D eigenvalue weighted by molar-refractivity contribution is -0.109. The Morgan fingerprint density at radius 2 is 1.66 bits per heavy atom. The van der Waals surface area contributed by atoms with Gasteiger partial charge in [-0.05, 0) is 66.5 Å². The molecule has 2 aliphatic carbocycles. The fraction of sp³-hybridized carbons (Fsp3) is 0.560. The van der Waals surface area contributed by atoms with Crippen LogP contribution in [0.3, 0.4) is 0 Å². The van der Waals surface area contributed by atoms with Crippen molar-refractivity contribution in [3.63, 3.8) is 0 Å². The lowest BCUT2D eigenvalue weighted by atomic mass is 9.70. The number of alkyl halides is 8. The molecule has 0 radical (unpaired) electrons. The standard InChI is InChI=1S/C25H26F9N3O5S2/c1-23-9-15-10-35-37(19-6-4-18(26)5-7-19)20(15)8-16(23)2-3-17(23)11-36(43(38,39)13-24(29,30)31)12-21(22(27)28)42-44(40,41)14-25(32,33)34/h4-8,10,17,21-22H,2-3,9,11-14H2,1H3/t17-,21?,23+/m1/s1. The van der Waals surface area contributed by atoms with Crippen LogP contribution in [0, 0.1) is 17.2 Å². The molecule has 4 rings (SSSR count). The summed E-state index contributed by atoms with van der Waals surface area (Å²) in [5.41, 5.74) is 1.67. The number of hydrogen-bond donors (Lipinski definition) is 0. The van der Waals surface area contributed by atoms with Crippen LogP contribution in [-0.4, -0.2) is 80.4 Å². The monoisotopic (exact) mass is 683 g/mol. The Balaban J connectivity index is 1.64. The van der Waals surface area contributed by atoms with Crippen LogP contribution in [0.5, 0.6) is 0 Å². The minimum absolute atomic E-state index is 0.0245. The summed E-state index contributed by atoms with van der Waals surface area (Å²) in [5, 5.41) is 4.32. The zero-order valence-corrected chi connectivity index (χ0v) is 24.4. The first kappa shape index (κ1) is 34.2. The lowest BCUT2D eigenvalue weighted by Gasteiger charge is -2.38. The smallest absolute Gasteiger partial charge is 0.259 e. The number of aromatic nitrogens is 2. The van der Waals surface area contributed by atoms with E-state index < -0.39 is 86.8 Å². The van der Waals surface area contributed by atoms with Crippen molar-refractivity contribution >= 4 is 26.2 Å². The van der Waals surface area contributed by atoms with Gasteiger partial charge in [-0.2, -0.15) is 44.2 Å². The van der Waals surface area contributed by atoms with Crippen molar-refractivity contribution in [3.8, 4) is 5.69 Å². The maximum absolute atomic E-state index is 13.8. The van der Waals surface area contributed by atoms with E-state index in [-0.39, 0.29) is 17.1 Å². The molecule has 1 fully saturated rings. The number of sulfonamides is 1. The first-order valence-corrected chi connectivity index (χ1v) is 16.1. The van der Waals surface area contributed by atoms with Crippen LogP contribution in [0.15, 0.2) is 36.0 Å². The summed E-state index contributed by atoms with van der Waals surface area (Å²) in [6.45, 7) is -0.718. The Kier molecular flexibility index (Phi) is 9.29. The van der Waals surface area contributed by atoms with Gasteiger partial charge in [0.1, 0.15) is 5.82 Å². The van der Waals surface area contributed by atoms with E-state index in [1.807, 2.05) is 0 Å². The number of halogens is 9. The zero-order chi connectivity index (χ0) is 32.9. The molecule has 1 aromatic carbocycles. The highest BCUT2D eigenvalue weighted by atomic mass is 32.2. The second kappa shape index (κ2) is 11.9. The third-order valence-corrected chi connectivity index (χ3v) is 10.7. The van der Waals surface area contributed by atoms with Crippen molar-refractivity contribution in [2.45, 2.75) is 51.1 Å². The van der Waals surface area contributed by atoms with E-state index in [9.17, 15) is 56.3 Å². The van der Waals surface area contributed by atoms with Gasteiger partial charge in [-0.3, -0.25) is 4.18 Å². The van der Waals surface area contributed by atoms with Crippen LogP contribution >= 0.6 is 0 Å². The average Bonchev–Trinajstić information content (AvgIpc) is 3.38. The quantitative estimate of drug-likeness (QED) is 0.242. The van der Waals surface area contributed by atoms with Gasteiger partial charge >= 0.3 is 12.4 Å². The summed E-state index contributed by atoms with van der Waals surface area (Å²) in [7, 11) is -11.1. The van der Waals surface area contributed by atoms with Crippen LogP contribution in [0.4, 0.5) is 39.5 Å². The average molecular weight is 684 g/mol. The van der Waals surface area contributed by atoms with Crippen molar-refractivity contribution in [3.05, 3.63) is 53.1 Å². The Labute approximate surface area is 246 Å². The van der Waals surface area contributed by atoms with E-state index in [0.717, 1.165) is 5.57 Å². The molecule has 0 aliphatic heterocycles. The van der Waals surface area contributed by atoms with Crippen molar-refractivity contribution < 1.29 is 60.5 Å². The number of rotatable bonds is 11. The molecule has 0 spiro atoms. The van der Waals surface area contributed by atoms with E-state index in [0.29, 0.717) is 23.4 Å². The highest BCUT2D eigenvalue weighted by Gasteiger charge is 2.49. The van der Waals surface area contributed by atoms with Crippen LogP contribution < -0.4 is 0 Å². The molecule has 44 heavy (non-hydrogen) atoms. The van der Waals surface area contributed by atoms with Crippen LogP contribution in [0.25, 0.3) is 11.8 Å². The van der Waals surface area contributed by atoms with Gasteiger partial charge in [0.25, 0.3) is 16.5 Å². The molecule has 1 heterocycles. The molecule has 8 nitrogen and oxygen atoms in total. The van der Waals surface area contributed by atoms with Gasteiger partial charge in [0.05, 0.1) is 17.6 Å². The van der Waals surface area contributed by atoms with Gasteiger partial charge in [0.15, 0.2) is 17.6 Å². The molecular weight excluding hydrogens is 657 g/mol. The summed E-state index contributed by atoms with van der Waals surface area (Å²) in [6, 6.07) is 5.45. The van der Waals surface area contributed by atoms with Crippen molar-refractivity contribution in [1.29, 1.82) is 0 Å². The highest BCUT2D eigenvalue weighted by molar-refractivity contribution is 7.89. The number of hydrogen-bond acceptors (Lipinski definition) is 6. The summed E-state index contributed by atoms with van der Waals surface area (Å²) in [6.07, 6.45) is -13.6. The molecule has 1 unspecified atom stereocenters. The van der Waals surface area contributed by atoms with Crippen molar-refractivity contribution in [2.24, 2.45) is 11.3 Å². The molecule has 0 amide bonds. The molecule has 3 atom stereocenters. The predicted molar refractivity (Wildman–Crippen MR) is 138 cm³/mol. The second-order valence-corrected chi connectivity index (χ2v) is 14.5. The fourth-order valence-electron chi connectivity index (χ4n) is 5.64. The SMILES string of the molecule is C[C@]12Cc3cnn(-c4ccc(F)cc4)c3C=C1CC[C@@H]2CN(CC(OS(=O)(=O)CC(F)(F)F)C(F)F)S(=O)(=O)CC(F)(F)F. The summed E-state index contributed by atoms with van der Waals surface area (Å²) >= 11 is 0. The maximum Gasteiger partial charge on any atom is 0.405 e. The summed E-state index contributed by atoms with van der Waals surface area (Å²) in [4.78, 5) is 0. The van der Waals surface area contributed by atoms with Crippen LogP contribution in [0.2, 0.25) is 0 Å². The first-order valence-electron chi connectivity index (χ1n) is 12.9. The maximum atomic E-state index is 13.8. The van der Waals surface area contributed by atoms with Gasteiger partial charge in [-0.1, -0.05) is 12.5 Å². The molecule has 19 heteroatoms. The highest BCUT2D eigenvalue weighted by Crippen LogP contribution is 2.53. The summed E-state index contributed by atoms with van der Waals surface area (Å²) < 4.78 is 173. The molecule has 2 aromatic rings. The Bertz CT molecular complexity index is 1600. The lowest BCUT2D eigenvalue weighted by Crippen LogP contribution is -2.49. The van der Waals surface area contributed by atoms with E-state index >= 15 is 0 Å². The van der Waals surface area contributed by atoms with Crippen LogP contribution in [-0.2, 0) is 30.7 Å². The molecule has 2 aliphatic rings. The Hall–Kier alpha value is -2.64. The van der Waals surface area contributed by atoms with E-state index in [2.05, 4.69) is 9.28 Å². The van der Waals surface area contributed by atoms with E-state index in [1.54, 1.807) is 17.7 Å². The van der Waals surface area contributed by atoms with Gasteiger partial charge in [0, 0.05) is 13.1 Å². The van der Waals surface area contributed by atoms with Gasteiger partial charge in [-0.25, -0.2) is 26.3 Å². The third kappa shape index (κ3) is 7.95. The zero-order valence-electron chi connectivity index (χ0n) is 22.7. The van der Waals surface area contributed by atoms with E-state index in [1.165, 1.54) is 30.5 Å². The number of benzene rings is 1. The minimum atomic E-state index is -5.71. The Morgan fingerprint density at radius 3 is 2.23 bits per heavy atom.